The number of hydrogen-bond acceptors (Lipinski definition) is 3. The maximum absolute atomic E-state index is 12.0. The van der Waals surface area contributed by atoms with Gasteiger partial charge in [-0.3, -0.25) is 9.69 Å². The number of amides is 1. The number of rotatable bonds is 11. The molecule has 0 fully saturated rings. The largest absolute Gasteiger partial charge is 0.357 e. The van der Waals surface area contributed by atoms with Crippen LogP contribution in [0.4, 0.5) is 0 Å². The van der Waals surface area contributed by atoms with E-state index in [0.29, 0.717) is 24.1 Å². The van der Waals surface area contributed by atoms with E-state index < -0.39 is 0 Å². The Hall–Kier alpha value is -1.35. The topological polar surface area (TPSA) is 60.0 Å². The Balaban J connectivity index is 0.00000841. The highest BCUT2D eigenvalue weighted by Gasteiger charge is 2.17. The Labute approximate surface area is 200 Å². The van der Waals surface area contributed by atoms with Crippen LogP contribution in [0.15, 0.2) is 29.3 Å². The molecule has 0 aliphatic carbocycles. The van der Waals surface area contributed by atoms with Crippen LogP contribution in [0.3, 0.4) is 0 Å². The third-order valence-corrected chi connectivity index (χ3v) is 4.95. The van der Waals surface area contributed by atoms with Crippen molar-refractivity contribution in [3.63, 3.8) is 0 Å². The summed E-state index contributed by atoms with van der Waals surface area (Å²) in [5.74, 6) is 1.51. The first-order valence-electron chi connectivity index (χ1n) is 10.9. The highest BCUT2D eigenvalue weighted by Crippen LogP contribution is 2.11. The van der Waals surface area contributed by atoms with E-state index >= 15 is 0 Å². The van der Waals surface area contributed by atoms with Crippen molar-refractivity contribution < 1.29 is 4.79 Å². The van der Waals surface area contributed by atoms with E-state index in [1.807, 2.05) is 24.3 Å². The molecule has 0 spiro atoms. The summed E-state index contributed by atoms with van der Waals surface area (Å²) >= 11 is 0. The van der Waals surface area contributed by atoms with Gasteiger partial charge in [0.05, 0.1) is 6.54 Å². The van der Waals surface area contributed by atoms with E-state index in [1.54, 1.807) is 19.0 Å². The molecular formula is C23H42IN5O. The minimum Gasteiger partial charge on any atom is -0.357 e. The van der Waals surface area contributed by atoms with Crippen LogP contribution >= 0.6 is 24.0 Å². The van der Waals surface area contributed by atoms with Crippen molar-refractivity contribution in [3.05, 3.63) is 35.4 Å². The lowest BCUT2D eigenvalue weighted by Gasteiger charge is -2.31. The number of halogens is 1. The lowest BCUT2D eigenvalue weighted by atomic mass is 10.0. The molecule has 0 aliphatic heterocycles. The zero-order valence-corrected chi connectivity index (χ0v) is 22.2. The number of guanidine groups is 1. The summed E-state index contributed by atoms with van der Waals surface area (Å²) in [6.07, 6.45) is 1.16. The fraction of sp³-hybridized carbons (Fsp3) is 0.652. The molecule has 1 rings (SSSR count). The van der Waals surface area contributed by atoms with Gasteiger partial charge in [-0.05, 0) is 50.0 Å². The quantitative estimate of drug-likeness (QED) is 0.259. The minimum absolute atomic E-state index is 0. The SMILES string of the molecule is CCNC(=NCc1ccc(C(=O)N(C)C)cc1)NCC(CC(C)C)N(CC)CC.I. The minimum atomic E-state index is 0. The van der Waals surface area contributed by atoms with Crippen molar-refractivity contribution in [1.82, 2.24) is 20.4 Å². The van der Waals surface area contributed by atoms with E-state index in [9.17, 15) is 4.79 Å². The highest BCUT2D eigenvalue weighted by atomic mass is 127. The van der Waals surface area contributed by atoms with Gasteiger partial charge >= 0.3 is 0 Å². The summed E-state index contributed by atoms with van der Waals surface area (Å²) in [6, 6.07) is 8.17. The molecule has 0 aromatic heterocycles. The van der Waals surface area contributed by atoms with Crippen LogP contribution < -0.4 is 10.6 Å². The van der Waals surface area contributed by atoms with Crippen molar-refractivity contribution in [1.29, 1.82) is 0 Å². The van der Waals surface area contributed by atoms with Gasteiger partial charge in [-0.25, -0.2) is 4.99 Å². The molecule has 1 aromatic carbocycles. The standard InChI is InChI=1S/C23H41N5O.HI/c1-8-24-23(26-17-21(15-18(4)5)28(9-2)10-3)25-16-19-11-13-20(14-12-19)22(29)27(6)7;/h11-14,18,21H,8-10,15-17H2,1-7H3,(H2,24,25,26);1H. The number of hydrogen-bond donors (Lipinski definition) is 2. The normalized spacial score (nSPS) is 12.5. The van der Waals surface area contributed by atoms with Crippen LogP contribution in [0.1, 0.15) is 57.0 Å². The summed E-state index contributed by atoms with van der Waals surface area (Å²) in [5, 5.41) is 6.87. The zero-order chi connectivity index (χ0) is 21.8. The fourth-order valence-corrected chi connectivity index (χ4v) is 3.38. The Morgan fingerprint density at radius 1 is 1.03 bits per heavy atom. The lowest BCUT2D eigenvalue weighted by molar-refractivity contribution is 0.0827. The number of nitrogens with zero attached hydrogens (tertiary/aromatic N) is 3. The molecule has 1 unspecified atom stereocenters. The van der Waals surface area contributed by atoms with Gasteiger partial charge in [-0.2, -0.15) is 0 Å². The number of carbonyl (C=O) groups is 1. The van der Waals surface area contributed by atoms with Crippen LogP contribution in [-0.2, 0) is 6.54 Å². The second-order valence-electron chi connectivity index (χ2n) is 7.98. The molecule has 0 bridgehead atoms. The van der Waals surface area contributed by atoms with Gasteiger partial charge in [0, 0.05) is 38.8 Å². The van der Waals surface area contributed by atoms with Gasteiger partial charge < -0.3 is 15.5 Å². The highest BCUT2D eigenvalue weighted by molar-refractivity contribution is 14.0. The van der Waals surface area contributed by atoms with E-state index in [0.717, 1.165) is 44.1 Å². The number of aliphatic imine (C=N–C) groups is 1. The van der Waals surface area contributed by atoms with Crippen LogP contribution in [0.25, 0.3) is 0 Å². The summed E-state index contributed by atoms with van der Waals surface area (Å²) in [7, 11) is 3.53. The molecule has 30 heavy (non-hydrogen) atoms. The predicted octanol–water partition coefficient (Wildman–Crippen LogP) is 3.82. The Kier molecular flexibility index (Phi) is 14.8. The van der Waals surface area contributed by atoms with Crippen molar-refractivity contribution >= 4 is 35.8 Å². The summed E-state index contributed by atoms with van der Waals surface area (Å²) in [5.41, 5.74) is 1.78. The van der Waals surface area contributed by atoms with Gasteiger partial charge in [-0.15, -0.1) is 24.0 Å². The molecule has 0 saturated heterocycles. The smallest absolute Gasteiger partial charge is 0.253 e. The van der Waals surface area contributed by atoms with Gasteiger partial charge in [0.2, 0.25) is 0 Å². The predicted molar refractivity (Wildman–Crippen MR) is 139 cm³/mol. The molecule has 2 N–H and O–H groups in total. The van der Waals surface area contributed by atoms with Crippen molar-refractivity contribution in [2.24, 2.45) is 10.9 Å². The lowest BCUT2D eigenvalue weighted by Crippen LogP contribution is -2.47. The van der Waals surface area contributed by atoms with Gasteiger partial charge in [0.25, 0.3) is 5.91 Å². The molecule has 1 amide bonds. The van der Waals surface area contributed by atoms with E-state index in [1.165, 1.54) is 0 Å². The van der Waals surface area contributed by atoms with Gasteiger partial charge in [-0.1, -0.05) is 39.8 Å². The van der Waals surface area contributed by atoms with E-state index in [4.69, 9.17) is 4.99 Å². The Bertz CT molecular complexity index is 627. The van der Waals surface area contributed by atoms with Crippen LogP contribution in [0.2, 0.25) is 0 Å². The molecule has 0 radical (unpaired) electrons. The molecule has 0 heterocycles. The van der Waals surface area contributed by atoms with Crippen molar-refractivity contribution in [3.8, 4) is 0 Å². The van der Waals surface area contributed by atoms with Crippen LogP contribution in [-0.4, -0.2) is 68.0 Å². The zero-order valence-electron chi connectivity index (χ0n) is 19.9. The maximum atomic E-state index is 12.0. The fourth-order valence-electron chi connectivity index (χ4n) is 3.38. The summed E-state index contributed by atoms with van der Waals surface area (Å²) in [6.45, 7) is 15.5. The first-order chi connectivity index (χ1) is 13.8. The molecule has 7 heteroatoms. The first-order valence-corrected chi connectivity index (χ1v) is 10.9. The number of carbonyl (C=O) groups excluding carboxylic acids is 1. The average Bonchev–Trinajstić information content (AvgIpc) is 2.70. The Morgan fingerprint density at radius 2 is 1.63 bits per heavy atom. The summed E-state index contributed by atoms with van der Waals surface area (Å²) in [4.78, 5) is 20.8. The van der Waals surface area contributed by atoms with Gasteiger partial charge in [0.1, 0.15) is 0 Å². The average molecular weight is 532 g/mol. The molecule has 0 saturated carbocycles. The van der Waals surface area contributed by atoms with Crippen molar-refractivity contribution in [2.45, 2.75) is 53.6 Å². The molecule has 1 atom stereocenters. The molecule has 172 valence electrons. The number of benzene rings is 1. The maximum Gasteiger partial charge on any atom is 0.253 e. The second kappa shape index (κ2) is 15.5. The second-order valence-corrected chi connectivity index (χ2v) is 7.98. The molecular weight excluding hydrogens is 489 g/mol. The van der Waals surface area contributed by atoms with E-state index in [-0.39, 0.29) is 29.9 Å². The van der Waals surface area contributed by atoms with Crippen molar-refractivity contribution in [2.75, 3.05) is 40.3 Å². The van der Waals surface area contributed by atoms with Gasteiger partial charge in [0.15, 0.2) is 5.96 Å². The first kappa shape index (κ1) is 28.6. The van der Waals surface area contributed by atoms with Crippen LogP contribution in [0, 0.1) is 5.92 Å². The third kappa shape index (κ3) is 10.1. The monoisotopic (exact) mass is 531 g/mol. The number of nitrogens with one attached hydrogen (secondary N) is 2. The third-order valence-electron chi connectivity index (χ3n) is 4.95. The molecule has 6 nitrogen and oxygen atoms in total. The van der Waals surface area contributed by atoms with E-state index in [2.05, 4.69) is 50.2 Å². The summed E-state index contributed by atoms with van der Waals surface area (Å²) < 4.78 is 0. The number of likely N-dealkylation sites (N-methyl/N-ethyl adjacent to an activating group) is 1. The molecule has 0 aliphatic rings. The van der Waals surface area contributed by atoms with Crippen LogP contribution in [0.5, 0.6) is 0 Å². The molecule has 1 aromatic rings. The Morgan fingerprint density at radius 3 is 2.10 bits per heavy atom.